The fourth-order valence-corrected chi connectivity index (χ4v) is 2.73. The third-order valence-corrected chi connectivity index (χ3v) is 4.32. The zero-order valence-electron chi connectivity index (χ0n) is 15.9. The molecule has 3 rings (SSSR count). The molecule has 0 spiro atoms. The number of amides is 1. The van der Waals surface area contributed by atoms with Crippen molar-refractivity contribution in [1.29, 1.82) is 0 Å². The highest BCUT2D eigenvalue weighted by Gasteiger charge is 2.14. The Morgan fingerprint density at radius 2 is 1.86 bits per heavy atom. The van der Waals surface area contributed by atoms with Gasteiger partial charge in [-0.3, -0.25) is 4.79 Å². The summed E-state index contributed by atoms with van der Waals surface area (Å²) in [6.45, 7) is 0.403. The lowest BCUT2D eigenvalue weighted by Crippen LogP contribution is -2.29. The third-order valence-electron chi connectivity index (χ3n) is 4.32. The van der Waals surface area contributed by atoms with Crippen LogP contribution < -0.4 is 10.1 Å². The van der Waals surface area contributed by atoms with Crippen molar-refractivity contribution in [2.24, 2.45) is 0 Å². The molecule has 28 heavy (non-hydrogen) atoms. The molecule has 146 valence electrons. The van der Waals surface area contributed by atoms with Gasteiger partial charge in [-0.15, -0.1) is 0 Å². The van der Waals surface area contributed by atoms with E-state index in [9.17, 15) is 4.79 Å². The summed E-state index contributed by atoms with van der Waals surface area (Å²) in [4.78, 5) is 16.5. The number of nitrogens with one attached hydrogen (secondary N) is 1. The number of nitrogens with zero attached hydrogens (tertiary/aromatic N) is 2. The summed E-state index contributed by atoms with van der Waals surface area (Å²) in [6.07, 6.45) is 0.447. The van der Waals surface area contributed by atoms with E-state index >= 15 is 0 Å². The highest BCUT2D eigenvalue weighted by molar-refractivity contribution is 5.76. The molecular formula is C21H23N3O4. The van der Waals surface area contributed by atoms with Crippen molar-refractivity contribution in [3.63, 3.8) is 0 Å². The molecule has 0 saturated heterocycles. The molecule has 0 saturated carbocycles. The quantitative estimate of drug-likeness (QED) is 0.613. The highest BCUT2D eigenvalue weighted by atomic mass is 16.5. The number of aromatic nitrogens is 2. The largest absolute Gasteiger partial charge is 0.497 e. The SMILES string of the molecule is COc1ccc(-c2noc(CCC(=O)NCC(OC)c3ccccc3)n2)cc1. The molecule has 0 aliphatic heterocycles. The van der Waals surface area contributed by atoms with Gasteiger partial charge in [0.05, 0.1) is 13.2 Å². The first-order valence-electron chi connectivity index (χ1n) is 9.01. The molecule has 1 amide bonds. The van der Waals surface area contributed by atoms with Crippen LogP contribution in [0.4, 0.5) is 0 Å². The molecule has 0 aliphatic rings. The average molecular weight is 381 g/mol. The maximum Gasteiger partial charge on any atom is 0.227 e. The monoisotopic (exact) mass is 381 g/mol. The Morgan fingerprint density at radius 3 is 2.54 bits per heavy atom. The molecular weight excluding hydrogens is 358 g/mol. The summed E-state index contributed by atoms with van der Waals surface area (Å²) in [5.41, 5.74) is 1.84. The Balaban J connectivity index is 1.48. The van der Waals surface area contributed by atoms with Crippen LogP contribution in [0, 0.1) is 0 Å². The van der Waals surface area contributed by atoms with Gasteiger partial charge in [0.25, 0.3) is 0 Å². The van der Waals surface area contributed by atoms with E-state index in [2.05, 4.69) is 15.5 Å². The minimum atomic E-state index is -0.185. The normalized spacial score (nSPS) is 11.8. The summed E-state index contributed by atoms with van der Waals surface area (Å²) in [7, 11) is 3.24. The first-order chi connectivity index (χ1) is 13.7. The minimum absolute atomic E-state index is 0.0952. The van der Waals surface area contributed by atoms with Crippen molar-refractivity contribution in [1.82, 2.24) is 15.5 Å². The van der Waals surface area contributed by atoms with Crippen molar-refractivity contribution in [3.8, 4) is 17.1 Å². The number of hydrogen-bond acceptors (Lipinski definition) is 6. The summed E-state index contributed by atoms with van der Waals surface area (Å²) < 4.78 is 15.8. The molecule has 1 heterocycles. The standard InChI is InChI=1S/C21H23N3O4/c1-26-17-10-8-16(9-11-17)21-23-20(28-24-21)13-12-19(25)22-14-18(27-2)15-6-4-3-5-7-15/h3-11,18H,12-14H2,1-2H3,(H,22,25). The van der Waals surface area contributed by atoms with E-state index in [4.69, 9.17) is 14.0 Å². The van der Waals surface area contributed by atoms with E-state index in [1.165, 1.54) is 0 Å². The molecule has 1 unspecified atom stereocenters. The molecule has 1 atom stereocenters. The second-order valence-electron chi connectivity index (χ2n) is 6.18. The van der Waals surface area contributed by atoms with Crippen molar-refractivity contribution < 1.29 is 18.8 Å². The average Bonchev–Trinajstić information content (AvgIpc) is 3.22. The number of carbonyl (C=O) groups excluding carboxylic acids is 1. The van der Waals surface area contributed by atoms with Crippen LogP contribution in [0.1, 0.15) is 24.0 Å². The van der Waals surface area contributed by atoms with Gasteiger partial charge in [-0.25, -0.2) is 0 Å². The van der Waals surface area contributed by atoms with Gasteiger partial charge in [-0.05, 0) is 29.8 Å². The number of carbonyl (C=O) groups is 1. The molecule has 7 heteroatoms. The molecule has 0 fully saturated rings. The molecule has 1 N–H and O–H groups in total. The minimum Gasteiger partial charge on any atom is -0.497 e. The Morgan fingerprint density at radius 1 is 1.11 bits per heavy atom. The number of aryl methyl sites for hydroxylation is 1. The van der Waals surface area contributed by atoms with Gasteiger partial charge in [0, 0.05) is 32.1 Å². The molecule has 3 aromatic rings. The number of ether oxygens (including phenoxy) is 2. The lowest BCUT2D eigenvalue weighted by atomic mass is 10.1. The predicted molar refractivity (Wildman–Crippen MR) is 104 cm³/mol. The molecule has 0 aliphatic carbocycles. The van der Waals surface area contributed by atoms with E-state index in [-0.39, 0.29) is 18.4 Å². The fraction of sp³-hybridized carbons (Fsp3) is 0.286. The lowest BCUT2D eigenvalue weighted by Gasteiger charge is -2.16. The number of benzene rings is 2. The van der Waals surface area contributed by atoms with E-state index in [0.29, 0.717) is 24.7 Å². The van der Waals surface area contributed by atoms with Gasteiger partial charge in [0.2, 0.25) is 17.6 Å². The molecule has 0 bridgehead atoms. The molecule has 2 aromatic carbocycles. The Labute approximate surface area is 163 Å². The maximum absolute atomic E-state index is 12.1. The molecule has 7 nitrogen and oxygen atoms in total. The van der Waals surface area contributed by atoms with E-state index in [1.54, 1.807) is 14.2 Å². The van der Waals surface area contributed by atoms with Gasteiger partial charge in [-0.1, -0.05) is 35.5 Å². The third kappa shape index (κ3) is 5.17. The first kappa shape index (κ1) is 19.6. The Kier molecular flexibility index (Phi) is 6.75. The zero-order valence-corrected chi connectivity index (χ0v) is 15.9. The van der Waals surface area contributed by atoms with Crippen LogP contribution in [0.25, 0.3) is 11.4 Å². The van der Waals surface area contributed by atoms with Gasteiger partial charge in [0.1, 0.15) is 5.75 Å². The smallest absolute Gasteiger partial charge is 0.227 e. The van der Waals surface area contributed by atoms with Crippen LogP contribution in [0.3, 0.4) is 0 Å². The molecule has 1 aromatic heterocycles. The number of hydrogen-bond donors (Lipinski definition) is 1. The van der Waals surface area contributed by atoms with Crippen molar-refractivity contribution >= 4 is 5.91 Å². The predicted octanol–water partition coefficient (Wildman–Crippen LogP) is 3.18. The fourth-order valence-electron chi connectivity index (χ4n) is 2.73. The van der Waals surface area contributed by atoms with Crippen LogP contribution in [-0.4, -0.2) is 36.8 Å². The van der Waals surface area contributed by atoms with Crippen LogP contribution in [-0.2, 0) is 16.0 Å². The van der Waals surface area contributed by atoms with Crippen molar-refractivity contribution in [2.45, 2.75) is 18.9 Å². The van der Waals surface area contributed by atoms with E-state index in [1.807, 2.05) is 54.6 Å². The zero-order chi connectivity index (χ0) is 19.8. The van der Waals surface area contributed by atoms with Gasteiger partial charge in [-0.2, -0.15) is 4.98 Å². The van der Waals surface area contributed by atoms with Crippen LogP contribution >= 0.6 is 0 Å². The van der Waals surface area contributed by atoms with Crippen molar-refractivity contribution in [2.75, 3.05) is 20.8 Å². The van der Waals surface area contributed by atoms with Crippen LogP contribution in [0.5, 0.6) is 5.75 Å². The van der Waals surface area contributed by atoms with Crippen LogP contribution in [0.15, 0.2) is 59.1 Å². The number of methoxy groups -OCH3 is 2. The topological polar surface area (TPSA) is 86.5 Å². The summed E-state index contributed by atoms with van der Waals surface area (Å²) >= 11 is 0. The van der Waals surface area contributed by atoms with Gasteiger partial charge in [0.15, 0.2) is 0 Å². The summed E-state index contributed by atoms with van der Waals surface area (Å²) in [5.74, 6) is 1.57. The number of rotatable bonds is 9. The highest BCUT2D eigenvalue weighted by Crippen LogP contribution is 2.20. The van der Waals surface area contributed by atoms with Gasteiger partial charge < -0.3 is 19.3 Å². The Bertz CT molecular complexity index is 878. The van der Waals surface area contributed by atoms with E-state index < -0.39 is 0 Å². The van der Waals surface area contributed by atoms with E-state index in [0.717, 1.165) is 16.9 Å². The lowest BCUT2D eigenvalue weighted by molar-refractivity contribution is -0.121. The maximum atomic E-state index is 12.1. The van der Waals surface area contributed by atoms with Crippen LogP contribution in [0.2, 0.25) is 0 Å². The summed E-state index contributed by atoms with van der Waals surface area (Å²) in [6, 6.07) is 17.1. The second-order valence-corrected chi connectivity index (χ2v) is 6.18. The molecule has 0 radical (unpaired) electrons. The Hall–Kier alpha value is -3.19. The summed E-state index contributed by atoms with van der Waals surface area (Å²) in [5, 5.41) is 6.85. The second kappa shape index (κ2) is 9.66. The van der Waals surface area contributed by atoms with Gasteiger partial charge >= 0.3 is 0 Å². The van der Waals surface area contributed by atoms with Crippen molar-refractivity contribution in [3.05, 3.63) is 66.1 Å². The first-order valence-corrected chi connectivity index (χ1v) is 9.01.